The fourth-order valence-electron chi connectivity index (χ4n) is 2.52. The van der Waals surface area contributed by atoms with Crippen LogP contribution in [0.25, 0.3) is 0 Å². The molecule has 1 atom stereocenters. The Labute approximate surface area is 114 Å². The van der Waals surface area contributed by atoms with E-state index in [1.807, 2.05) is 0 Å². The number of hydrogen-bond acceptors (Lipinski definition) is 1. The van der Waals surface area contributed by atoms with Crippen LogP contribution < -0.4 is 5.32 Å². The van der Waals surface area contributed by atoms with Crippen molar-refractivity contribution in [3.05, 3.63) is 0 Å². The fraction of sp³-hybridized carbons (Fsp3) is 0.929. The second kappa shape index (κ2) is 6.21. The molecule has 1 N–H and O–H groups in total. The zero-order chi connectivity index (χ0) is 12.9. The molecular formula is C14H26BrNO. The number of rotatable bonds is 5. The van der Waals surface area contributed by atoms with Gasteiger partial charge >= 0.3 is 0 Å². The molecule has 1 amide bonds. The van der Waals surface area contributed by atoms with Gasteiger partial charge in [-0.1, -0.05) is 49.0 Å². The van der Waals surface area contributed by atoms with Gasteiger partial charge < -0.3 is 5.32 Å². The largest absolute Gasteiger partial charge is 0.350 e. The molecule has 1 rings (SSSR count). The Balaban J connectivity index is 2.63. The summed E-state index contributed by atoms with van der Waals surface area (Å²) in [5.74, 6) is 0.266. The van der Waals surface area contributed by atoms with Crippen LogP contribution in [0, 0.1) is 5.41 Å². The van der Waals surface area contributed by atoms with E-state index in [0.29, 0.717) is 0 Å². The standard InChI is InChI=1S/C14H26BrNO/c1-4-14(3,10-11-15)16-12(17)13(2)8-6-5-7-9-13/h4-11H2,1-3H3,(H,16,17). The quantitative estimate of drug-likeness (QED) is 0.763. The molecule has 3 heteroatoms. The van der Waals surface area contributed by atoms with Crippen LogP contribution in [0.1, 0.15) is 65.7 Å². The van der Waals surface area contributed by atoms with Crippen LogP contribution in [-0.4, -0.2) is 16.8 Å². The van der Waals surface area contributed by atoms with Gasteiger partial charge in [0.05, 0.1) is 0 Å². The van der Waals surface area contributed by atoms with Crippen LogP contribution in [0.3, 0.4) is 0 Å². The molecule has 0 bridgehead atoms. The summed E-state index contributed by atoms with van der Waals surface area (Å²) in [5.41, 5.74) is -0.179. The lowest BCUT2D eigenvalue weighted by atomic mass is 9.74. The van der Waals surface area contributed by atoms with Crippen LogP contribution in [0.2, 0.25) is 0 Å². The van der Waals surface area contributed by atoms with E-state index in [2.05, 4.69) is 42.0 Å². The van der Waals surface area contributed by atoms with E-state index in [9.17, 15) is 4.79 Å². The molecule has 2 nitrogen and oxygen atoms in total. The first-order valence-corrected chi connectivity index (χ1v) is 7.96. The Morgan fingerprint density at radius 2 is 1.94 bits per heavy atom. The summed E-state index contributed by atoms with van der Waals surface area (Å²) in [6.45, 7) is 6.43. The predicted octanol–water partition coefficient (Wildman–Crippen LogP) is 4.03. The fourth-order valence-corrected chi connectivity index (χ4v) is 3.40. The second-order valence-corrected chi connectivity index (χ2v) is 6.72. The van der Waals surface area contributed by atoms with E-state index in [4.69, 9.17) is 0 Å². The Kier molecular flexibility index (Phi) is 5.49. The molecule has 0 aromatic rings. The van der Waals surface area contributed by atoms with Gasteiger partial charge in [-0.2, -0.15) is 0 Å². The number of carbonyl (C=O) groups excluding carboxylic acids is 1. The zero-order valence-electron chi connectivity index (χ0n) is 11.4. The van der Waals surface area contributed by atoms with Gasteiger partial charge in [-0.05, 0) is 32.6 Å². The normalized spacial score (nSPS) is 22.8. The summed E-state index contributed by atoms with van der Waals surface area (Å²) in [6.07, 6.45) is 7.76. The highest BCUT2D eigenvalue weighted by Crippen LogP contribution is 2.36. The van der Waals surface area contributed by atoms with Gasteiger partial charge in [0.25, 0.3) is 0 Å². The molecule has 1 aliphatic rings. The number of halogens is 1. The third-order valence-corrected chi connectivity index (χ3v) is 4.74. The molecular weight excluding hydrogens is 278 g/mol. The minimum absolute atomic E-state index is 0.0545. The van der Waals surface area contributed by atoms with Crippen molar-refractivity contribution < 1.29 is 4.79 Å². The molecule has 100 valence electrons. The second-order valence-electron chi connectivity index (χ2n) is 5.93. The molecule has 1 aliphatic carbocycles. The molecule has 1 unspecified atom stereocenters. The van der Waals surface area contributed by atoms with Crippen LogP contribution in [0.15, 0.2) is 0 Å². The van der Waals surface area contributed by atoms with Gasteiger partial charge in [-0.3, -0.25) is 4.79 Å². The van der Waals surface area contributed by atoms with Crippen molar-refractivity contribution in [3.8, 4) is 0 Å². The van der Waals surface area contributed by atoms with Gasteiger partial charge in [-0.15, -0.1) is 0 Å². The number of hydrogen-bond donors (Lipinski definition) is 1. The maximum atomic E-state index is 12.4. The first-order valence-electron chi connectivity index (χ1n) is 6.84. The summed E-state index contributed by atoms with van der Waals surface area (Å²) >= 11 is 3.47. The highest BCUT2D eigenvalue weighted by atomic mass is 79.9. The van der Waals surface area contributed by atoms with Crippen LogP contribution in [0.5, 0.6) is 0 Å². The summed E-state index contributed by atoms with van der Waals surface area (Å²) in [5, 5.41) is 4.22. The molecule has 0 spiro atoms. The maximum Gasteiger partial charge on any atom is 0.226 e. The van der Waals surface area contributed by atoms with Gasteiger partial charge in [0.15, 0.2) is 0 Å². The van der Waals surface area contributed by atoms with Gasteiger partial charge in [0, 0.05) is 16.3 Å². The van der Waals surface area contributed by atoms with Gasteiger partial charge in [0.1, 0.15) is 0 Å². The maximum absolute atomic E-state index is 12.4. The topological polar surface area (TPSA) is 29.1 Å². The van der Waals surface area contributed by atoms with Crippen molar-refractivity contribution >= 4 is 21.8 Å². The Morgan fingerprint density at radius 1 is 1.35 bits per heavy atom. The summed E-state index contributed by atoms with van der Waals surface area (Å²) < 4.78 is 0. The lowest BCUT2D eigenvalue weighted by Gasteiger charge is -2.37. The van der Waals surface area contributed by atoms with Crippen LogP contribution in [-0.2, 0) is 4.79 Å². The lowest BCUT2D eigenvalue weighted by Crippen LogP contribution is -2.51. The average Bonchev–Trinajstić information content (AvgIpc) is 2.30. The Bertz CT molecular complexity index is 261. The summed E-state index contributed by atoms with van der Waals surface area (Å²) in [4.78, 5) is 12.4. The average molecular weight is 304 g/mol. The highest BCUT2D eigenvalue weighted by Gasteiger charge is 2.37. The third-order valence-electron chi connectivity index (χ3n) is 4.35. The smallest absolute Gasteiger partial charge is 0.226 e. The van der Waals surface area contributed by atoms with Crippen LogP contribution >= 0.6 is 15.9 Å². The van der Waals surface area contributed by atoms with E-state index in [-0.39, 0.29) is 16.9 Å². The SMILES string of the molecule is CCC(C)(CCBr)NC(=O)C1(C)CCCCC1. The molecule has 17 heavy (non-hydrogen) atoms. The Hall–Kier alpha value is -0.0500. The van der Waals surface area contributed by atoms with Crippen molar-refractivity contribution in [2.24, 2.45) is 5.41 Å². The summed E-state index contributed by atoms with van der Waals surface area (Å²) in [6, 6.07) is 0. The van der Waals surface area contributed by atoms with E-state index in [1.54, 1.807) is 0 Å². The molecule has 1 saturated carbocycles. The highest BCUT2D eigenvalue weighted by molar-refractivity contribution is 9.09. The molecule has 0 saturated heterocycles. The lowest BCUT2D eigenvalue weighted by molar-refractivity contribution is -0.133. The van der Waals surface area contributed by atoms with E-state index in [1.165, 1.54) is 19.3 Å². The monoisotopic (exact) mass is 303 g/mol. The molecule has 0 heterocycles. The molecule has 0 aromatic carbocycles. The van der Waals surface area contributed by atoms with Crippen molar-refractivity contribution in [2.45, 2.75) is 71.3 Å². The van der Waals surface area contributed by atoms with E-state index < -0.39 is 0 Å². The van der Waals surface area contributed by atoms with Gasteiger partial charge in [-0.25, -0.2) is 0 Å². The number of amides is 1. The van der Waals surface area contributed by atoms with Crippen molar-refractivity contribution in [3.63, 3.8) is 0 Å². The van der Waals surface area contributed by atoms with Crippen molar-refractivity contribution in [1.82, 2.24) is 5.32 Å². The van der Waals surface area contributed by atoms with Crippen molar-refractivity contribution in [2.75, 3.05) is 5.33 Å². The predicted molar refractivity (Wildman–Crippen MR) is 76.4 cm³/mol. The van der Waals surface area contributed by atoms with Crippen molar-refractivity contribution in [1.29, 1.82) is 0 Å². The van der Waals surface area contributed by atoms with Gasteiger partial charge in [0.2, 0.25) is 5.91 Å². The minimum Gasteiger partial charge on any atom is -0.350 e. The first kappa shape index (κ1) is 15.0. The van der Waals surface area contributed by atoms with Crippen LogP contribution in [0.4, 0.5) is 0 Å². The van der Waals surface area contributed by atoms with E-state index >= 15 is 0 Å². The number of carbonyl (C=O) groups is 1. The third kappa shape index (κ3) is 3.97. The van der Waals surface area contributed by atoms with E-state index in [0.717, 1.165) is 31.0 Å². The minimum atomic E-state index is -0.124. The molecule has 1 fully saturated rings. The Morgan fingerprint density at radius 3 is 2.41 bits per heavy atom. The summed E-state index contributed by atoms with van der Waals surface area (Å²) in [7, 11) is 0. The molecule has 0 radical (unpaired) electrons. The molecule has 0 aromatic heterocycles. The zero-order valence-corrected chi connectivity index (χ0v) is 13.0. The first-order chi connectivity index (χ1) is 7.96. The number of alkyl halides is 1. The molecule has 0 aliphatic heterocycles. The number of nitrogens with one attached hydrogen (secondary N) is 1.